The molecule has 0 saturated heterocycles. The lowest BCUT2D eigenvalue weighted by atomic mass is 10.1. The molecular weight excluding hydrogens is 262 g/mol. The molecule has 5 nitrogen and oxygen atoms in total. The average Bonchev–Trinajstić information content (AvgIpc) is 2.42. The number of H-pyrrole nitrogens is 1. The van der Waals surface area contributed by atoms with Gasteiger partial charge in [-0.2, -0.15) is 0 Å². The summed E-state index contributed by atoms with van der Waals surface area (Å²) in [6.45, 7) is 0.686. The molecule has 6 heteroatoms. The highest BCUT2D eigenvalue weighted by atomic mass is 32.1. The van der Waals surface area contributed by atoms with Crippen LogP contribution in [-0.2, 0) is 13.0 Å². The third kappa shape index (κ3) is 3.59. The van der Waals surface area contributed by atoms with E-state index in [-0.39, 0.29) is 12.2 Å². The number of aromatic amines is 1. The SMILES string of the molecule is O=c1[nH]c(=S)n(CCCO)cc1Cc1cccnc1. The summed E-state index contributed by atoms with van der Waals surface area (Å²) in [6.07, 6.45) is 6.30. The maximum Gasteiger partial charge on any atom is 0.255 e. The zero-order chi connectivity index (χ0) is 13.7. The van der Waals surface area contributed by atoms with Crippen LogP contribution >= 0.6 is 12.2 Å². The van der Waals surface area contributed by atoms with Crippen molar-refractivity contribution in [3.8, 4) is 0 Å². The molecule has 2 aromatic rings. The van der Waals surface area contributed by atoms with Crippen molar-refractivity contribution in [1.82, 2.24) is 14.5 Å². The second kappa shape index (κ2) is 6.40. The first-order chi connectivity index (χ1) is 9.20. The third-order valence-electron chi connectivity index (χ3n) is 2.76. The number of hydrogen-bond acceptors (Lipinski definition) is 4. The summed E-state index contributed by atoms with van der Waals surface area (Å²) in [7, 11) is 0. The summed E-state index contributed by atoms with van der Waals surface area (Å²) in [5.74, 6) is 0. The molecule has 2 N–H and O–H groups in total. The summed E-state index contributed by atoms with van der Waals surface area (Å²) in [5, 5.41) is 8.85. The molecule has 19 heavy (non-hydrogen) atoms. The van der Waals surface area contributed by atoms with Crippen LogP contribution in [0.4, 0.5) is 0 Å². The molecular formula is C13H15N3O2S. The molecule has 0 spiro atoms. The largest absolute Gasteiger partial charge is 0.396 e. The predicted octanol–water partition coefficient (Wildman–Crippen LogP) is 1.27. The molecule has 2 heterocycles. The second-order valence-electron chi connectivity index (χ2n) is 4.22. The van der Waals surface area contributed by atoms with Crippen LogP contribution < -0.4 is 5.56 Å². The third-order valence-corrected chi connectivity index (χ3v) is 3.10. The van der Waals surface area contributed by atoms with Gasteiger partial charge in [-0.05, 0) is 30.3 Å². The lowest BCUT2D eigenvalue weighted by molar-refractivity contribution is 0.279. The topological polar surface area (TPSA) is 70.9 Å². The molecule has 0 radical (unpaired) electrons. The van der Waals surface area contributed by atoms with Gasteiger partial charge in [-0.3, -0.25) is 14.8 Å². The molecule has 0 saturated carbocycles. The van der Waals surface area contributed by atoms with E-state index in [9.17, 15) is 4.79 Å². The van der Waals surface area contributed by atoms with Gasteiger partial charge in [-0.25, -0.2) is 0 Å². The van der Waals surface area contributed by atoms with Crippen molar-refractivity contribution in [1.29, 1.82) is 0 Å². The van der Waals surface area contributed by atoms with Gasteiger partial charge in [0.15, 0.2) is 4.77 Å². The Kier molecular flexibility index (Phi) is 4.59. The number of nitrogens with zero attached hydrogens (tertiary/aromatic N) is 2. The maximum absolute atomic E-state index is 11.9. The van der Waals surface area contributed by atoms with Gasteiger partial charge >= 0.3 is 0 Å². The highest BCUT2D eigenvalue weighted by molar-refractivity contribution is 7.71. The fourth-order valence-corrected chi connectivity index (χ4v) is 2.05. The molecule has 0 aliphatic rings. The van der Waals surface area contributed by atoms with Gasteiger partial charge in [-0.15, -0.1) is 0 Å². The molecule has 0 unspecified atom stereocenters. The Balaban J connectivity index is 2.30. The molecule has 0 atom stereocenters. The maximum atomic E-state index is 11.9. The predicted molar refractivity (Wildman–Crippen MR) is 74.6 cm³/mol. The van der Waals surface area contributed by atoms with E-state index in [1.54, 1.807) is 23.2 Å². The van der Waals surface area contributed by atoms with Crippen molar-refractivity contribution in [2.24, 2.45) is 0 Å². The summed E-state index contributed by atoms with van der Waals surface area (Å²) < 4.78 is 2.16. The van der Waals surface area contributed by atoms with Gasteiger partial charge in [0.25, 0.3) is 5.56 Å². The van der Waals surface area contributed by atoms with E-state index >= 15 is 0 Å². The Hall–Kier alpha value is -1.79. The summed E-state index contributed by atoms with van der Waals surface area (Å²) >= 11 is 5.09. The van der Waals surface area contributed by atoms with Crippen molar-refractivity contribution in [2.75, 3.05) is 6.61 Å². The van der Waals surface area contributed by atoms with Crippen LogP contribution in [0.2, 0.25) is 0 Å². The van der Waals surface area contributed by atoms with Crippen LogP contribution in [0.5, 0.6) is 0 Å². The smallest absolute Gasteiger partial charge is 0.255 e. The van der Waals surface area contributed by atoms with E-state index in [0.717, 1.165) is 5.56 Å². The van der Waals surface area contributed by atoms with Crippen LogP contribution in [0.15, 0.2) is 35.5 Å². The van der Waals surface area contributed by atoms with Crippen molar-refractivity contribution >= 4 is 12.2 Å². The minimum absolute atomic E-state index is 0.0961. The summed E-state index contributed by atoms with van der Waals surface area (Å²) in [4.78, 5) is 18.5. The Morgan fingerprint density at radius 3 is 3.00 bits per heavy atom. The molecule has 0 aromatic carbocycles. The van der Waals surface area contributed by atoms with Crippen LogP contribution in [0, 0.1) is 4.77 Å². The molecule has 0 aliphatic heterocycles. The van der Waals surface area contributed by atoms with E-state index in [4.69, 9.17) is 17.3 Å². The standard InChI is InChI=1S/C13H15N3O2S/c17-6-2-5-16-9-11(12(18)15-13(16)19)7-10-3-1-4-14-8-10/h1,3-4,8-9,17H,2,5-7H2,(H,15,18,19). The summed E-state index contributed by atoms with van der Waals surface area (Å²) in [6, 6.07) is 3.76. The fraction of sp³-hybridized carbons (Fsp3) is 0.308. The molecule has 2 aromatic heterocycles. The highest BCUT2D eigenvalue weighted by Crippen LogP contribution is 2.04. The number of aliphatic hydroxyl groups excluding tert-OH is 1. The van der Waals surface area contributed by atoms with Gasteiger partial charge in [0.05, 0.1) is 0 Å². The minimum atomic E-state index is -0.172. The van der Waals surface area contributed by atoms with Gasteiger partial charge in [0.1, 0.15) is 0 Å². The van der Waals surface area contributed by atoms with Gasteiger partial charge in [0.2, 0.25) is 0 Å². The van der Waals surface area contributed by atoms with Crippen molar-refractivity contribution in [2.45, 2.75) is 19.4 Å². The monoisotopic (exact) mass is 277 g/mol. The zero-order valence-corrected chi connectivity index (χ0v) is 11.2. The van der Waals surface area contributed by atoms with Crippen LogP contribution in [-0.4, -0.2) is 26.2 Å². The normalized spacial score (nSPS) is 10.6. The van der Waals surface area contributed by atoms with Gasteiger partial charge in [-0.1, -0.05) is 6.07 Å². The van der Waals surface area contributed by atoms with Crippen LogP contribution in [0.3, 0.4) is 0 Å². The van der Waals surface area contributed by atoms with Gasteiger partial charge in [0, 0.05) is 43.7 Å². The number of aryl methyl sites for hydroxylation is 1. The molecule has 2 rings (SSSR count). The van der Waals surface area contributed by atoms with Crippen LogP contribution in [0.1, 0.15) is 17.5 Å². The lowest BCUT2D eigenvalue weighted by Gasteiger charge is -2.08. The second-order valence-corrected chi connectivity index (χ2v) is 4.61. The Bertz CT molecular complexity index is 649. The number of aliphatic hydroxyl groups is 1. The average molecular weight is 277 g/mol. The quantitative estimate of drug-likeness (QED) is 0.808. The van der Waals surface area contributed by atoms with E-state index in [2.05, 4.69) is 9.97 Å². The van der Waals surface area contributed by atoms with E-state index in [1.165, 1.54) is 0 Å². The van der Waals surface area contributed by atoms with Gasteiger partial charge < -0.3 is 9.67 Å². The molecule has 0 bridgehead atoms. The number of pyridine rings is 1. The Morgan fingerprint density at radius 2 is 2.32 bits per heavy atom. The van der Waals surface area contributed by atoms with Crippen molar-refractivity contribution in [3.63, 3.8) is 0 Å². The summed E-state index contributed by atoms with van der Waals surface area (Å²) in [5.41, 5.74) is 1.44. The fourth-order valence-electron chi connectivity index (χ4n) is 1.81. The van der Waals surface area contributed by atoms with Crippen molar-refractivity contribution in [3.05, 3.63) is 57.0 Å². The number of rotatable bonds is 5. The van der Waals surface area contributed by atoms with E-state index < -0.39 is 0 Å². The first kappa shape index (κ1) is 13.6. The van der Waals surface area contributed by atoms with Crippen LogP contribution in [0.25, 0.3) is 0 Å². The molecule has 100 valence electrons. The van der Waals surface area contributed by atoms with Crippen molar-refractivity contribution < 1.29 is 5.11 Å². The lowest BCUT2D eigenvalue weighted by Crippen LogP contribution is -2.18. The Morgan fingerprint density at radius 1 is 1.47 bits per heavy atom. The number of aromatic nitrogens is 3. The number of nitrogens with one attached hydrogen (secondary N) is 1. The molecule has 0 aliphatic carbocycles. The zero-order valence-electron chi connectivity index (χ0n) is 10.4. The Labute approximate surface area is 115 Å². The first-order valence-corrected chi connectivity index (χ1v) is 6.44. The minimum Gasteiger partial charge on any atom is -0.396 e. The van der Waals surface area contributed by atoms with E-state index in [0.29, 0.717) is 29.7 Å². The first-order valence-electron chi connectivity index (χ1n) is 6.03. The van der Waals surface area contributed by atoms with E-state index in [1.807, 2.05) is 12.1 Å². The number of hydrogen-bond donors (Lipinski definition) is 2. The molecule has 0 fully saturated rings. The highest BCUT2D eigenvalue weighted by Gasteiger charge is 2.04. The molecule has 0 amide bonds.